The van der Waals surface area contributed by atoms with Crippen LogP contribution in [0.2, 0.25) is 0 Å². The van der Waals surface area contributed by atoms with Gasteiger partial charge >= 0.3 is 0 Å². The van der Waals surface area contributed by atoms with Crippen LogP contribution in [-0.4, -0.2) is 34.7 Å². The van der Waals surface area contributed by atoms with Crippen molar-refractivity contribution in [2.24, 2.45) is 0 Å². The Balaban J connectivity index is 1.95. The van der Waals surface area contributed by atoms with Gasteiger partial charge in [-0.3, -0.25) is 0 Å². The molecule has 0 heterocycles. The Morgan fingerprint density at radius 3 is 2.66 bits per heavy atom. The Morgan fingerprint density at radius 2 is 2.00 bits per heavy atom. The number of methoxy groups -OCH3 is 1. The highest BCUT2D eigenvalue weighted by atomic mass is 32.2. The molecule has 32 heavy (non-hydrogen) atoms. The maximum atomic E-state index is 15.1. The minimum Gasteiger partial charge on any atom is -0.359 e. The lowest BCUT2D eigenvalue weighted by atomic mass is 9.75. The van der Waals surface area contributed by atoms with Gasteiger partial charge in [-0.1, -0.05) is 12.1 Å². The molecule has 0 bridgehead atoms. The van der Waals surface area contributed by atoms with Gasteiger partial charge in [-0.05, 0) is 59.4 Å². The molecule has 0 spiro atoms. The minimum absolute atomic E-state index is 0.0139. The Kier molecular flexibility index (Phi) is 5.93. The van der Waals surface area contributed by atoms with Crippen LogP contribution in [0.15, 0.2) is 35.2 Å². The molecule has 0 saturated heterocycles. The molecule has 0 aromatic heterocycles. The van der Waals surface area contributed by atoms with Gasteiger partial charge < -0.3 is 9.47 Å². The van der Waals surface area contributed by atoms with E-state index in [0.29, 0.717) is 28.7 Å². The molecule has 5 nitrogen and oxygen atoms in total. The molecule has 0 unspecified atom stereocenters. The summed E-state index contributed by atoms with van der Waals surface area (Å²) in [6, 6.07) is 7.86. The molecule has 168 valence electrons. The summed E-state index contributed by atoms with van der Waals surface area (Å²) in [5.41, 5.74) is 4.01. The molecule has 2 aliphatic rings. The predicted molar refractivity (Wildman–Crippen MR) is 115 cm³/mol. The zero-order valence-electron chi connectivity index (χ0n) is 18.0. The van der Waals surface area contributed by atoms with Crippen LogP contribution in [0.3, 0.4) is 0 Å². The third kappa shape index (κ3) is 3.75. The second kappa shape index (κ2) is 8.39. The van der Waals surface area contributed by atoms with Gasteiger partial charge in [0, 0.05) is 31.3 Å². The van der Waals surface area contributed by atoms with Crippen LogP contribution in [0.4, 0.5) is 8.78 Å². The lowest BCUT2D eigenvalue weighted by molar-refractivity contribution is -0.0939. The van der Waals surface area contributed by atoms with Crippen LogP contribution in [0.1, 0.15) is 58.7 Å². The summed E-state index contributed by atoms with van der Waals surface area (Å²) in [5.74, 6) is -0.831. The molecule has 2 aromatic carbocycles. The van der Waals surface area contributed by atoms with E-state index < -0.39 is 27.9 Å². The number of rotatable bonds is 5. The summed E-state index contributed by atoms with van der Waals surface area (Å²) >= 11 is 0. The van der Waals surface area contributed by atoms with E-state index >= 15 is 4.39 Å². The van der Waals surface area contributed by atoms with E-state index in [1.807, 2.05) is 13.0 Å². The van der Waals surface area contributed by atoms with Gasteiger partial charge in [-0.15, -0.1) is 0 Å². The smallest absolute Gasteiger partial charge is 0.175 e. The number of nitriles is 1. The van der Waals surface area contributed by atoms with Crippen molar-refractivity contribution in [2.75, 3.05) is 20.2 Å². The van der Waals surface area contributed by atoms with Crippen molar-refractivity contribution >= 4 is 15.4 Å². The highest BCUT2D eigenvalue weighted by Crippen LogP contribution is 2.48. The van der Waals surface area contributed by atoms with Crippen LogP contribution in [0.5, 0.6) is 0 Å². The summed E-state index contributed by atoms with van der Waals surface area (Å²) in [7, 11) is -2.24. The van der Waals surface area contributed by atoms with Crippen molar-refractivity contribution in [3.8, 4) is 6.07 Å². The summed E-state index contributed by atoms with van der Waals surface area (Å²) in [6.07, 6.45) is 1.06. The zero-order valence-corrected chi connectivity index (χ0v) is 18.8. The lowest BCUT2D eigenvalue weighted by Gasteiger charge is -2.28. The highest BCUT2D eigenvalue weighted by Gasteiger charge is 2.41. The number of allylic oxidation sites excluding steroid dienone is 2. The van der Waals surface area contributed by atoms with Crippen molar-refractivity contribution in [1.29, 1.82) is 5.26 Å². The summed E-state index contributed by atoms with van der Waals surface area (Å²) in [6.45, 7) is 1.68. The van der Waals surface area contributed by atoms with Gasteiger partial charge in [0.15, 0.2) is 9.84 Å². The van der Waals surface area contributed by atoms with E-state index in [0.717, 1.165) is 17.4 Å². The maximum Gasteiger partial charge on any atom is 0.175 e. The predicted octanol–water partition coefficient (Wildman–Crippen LogP) is 4.60. The minimum atomic E-state index is -3.65. The monoisotopic (exact) mass is 459 g/mol. The molecule has 3 atom stereocenters. The van der Waals surface area contributed by atoms with Gasteiger partial charge in [0.2, 0.25) is 0 Å². The summed E-state index contributed by atoms with van der Waals surface area (Å²) < 4.78 is 64.7. The number of fused-ring (bicyclic) bond motifs is 2. The molecule has 0 radical (unpaired) electrons. The molecule has 8 heteroatoms. The molecule has 2 aromatic rings. The highest BCUT2D eigenvalue weighted by molar-refractivity contribution is 7.90. The molecule has 0 N–H and O–H groups in total. The number of halogens is 2. The maximum absolute atomic E-state index is 15.1. The second-order valence-electron chi connectivity index (χ2n) is 8.23. The molecule has 0 saturated carbocycles. The molecule has 0 aliphatic heterocycles. The van der Waals surface area contributed by atoms with Crippen molar-refractivity contribution in [2.45, 2.75) is 42.9 Å². The molecule has 2 aliphatic carbocycles. The lowest BCUT2D eigenvalue weighted by Crippen LogP contribution is -2.16. The first-order valence-corrected chi connectivity index (χ1v) is 12.1. The Bertz CT molecular complexity index is 1260. The van der Waals surface area contributed by atoms with E-state index in [9.17, 15) is 18.1 Å². The van der Waals surface area contributed by atoms with Crippen LogP contribution in [0, 0.1) is 17.1 Å². The number of alkyl halides is 1. The summed E-state index contributed by atoms with van der Waals surface area (Å²) in [4.78, 5) is 0.0277. The quantitative estimate of drug-likeness (QED) is 0.611. The average molecular weight is 460 g/mol. The van der Waals surface area contributed by atoms with Gasteiger partial charge in [0.25, 0.3) is 0 Å². The molecule has 0 fully saturated rings. The van der Waals surface area contributed by atoms with Crippen LogP contribution in [-0.2, 0) is 25.7 Å². The van der Waals surface area contributed by atoms with Crippen LogP contribution >= 0.6 is 0 Å². The van der Waals surface area contributed by atoms with E-state index in [-0.39, 0.29) is 29.6 Å². The average Bonchev–Trinajstić information content (AvgIpc) is 3.06. The van der Waals surface area contributed by atoms with Gasteiger partial charge in [-0.2, -0.15) is 5.26 Å². The molecular weight excluding hydrogens is 436 g/mol. The zero-order chi connectivity index (χ0) is 23.2. The fourth-order valence-corrected chi connectivity index (χ4v) is 5.83. The van der Waals surface area contributed by atoms with Gasteiger partial charge in [0.05, 0.1) is 16.5 Å². The van der Waals surface area contributed by atoms with Gasteiger partial charge in [-0.25, -0.2) is 17.2 Å². The first-order valence-electron chi connectivity index (χ1n) is 10.2. The Labute approximate surface area is 186 Å². The first-order chi connectivity index (χ1) is 15.2. The Hall–Kier alpha value is -2.60. The largest absolute Gasteiger partial charge is 0.359 e. The second-order valence-corrected chi connectivity index (χ2v) is 10.2. The SMILES string of the molecule is COCO[C@H]1c2c(S(C)(=O)=O)ccc([C@H]3CC=C(C)c4cc(F)cc(C#N)c43)c2C[C@H]1F. The van der Waals surface area contributed by atoms with Gasteiger partial charge in [0.1, 0.15) is 24.9 Å². The molecule has 4 rings (SSSR count). The number of nitrogens with zero attached hydrogens (tertiary/aromatic N) is 1. The third-order valence-electron chi connectivity index (χ3n) is 6.20. The standard InChI is InChI=1S/C24H23F2NO4S/c1-13-4-5-17(22-14(11-27)8-15(25)9-18(13)22)16-6-7-21(32(3,28)29)23-19(16)10-20(26)24(23)31-12-30-2/h4,6-9,17,20,24H,5,10,12H2,1-3H3/t17-,20-,24-/m1/s1. The number of hydrogen-bond donors (Lipinski definition) is 0. The normalized spacial score (nSPS) is 22.1. The number of benzene rings is 2. The fourth-order valence-electron chi connectivity index (χ4n) is 4.88. The van der Waals surface area contributed by atoms with E-state index in [1.165, 1.54) is 25.3 Å². The number of sulfone groups is 1. The van der Waals surface area contributed by atoms with Crippen molar-refractivity contribution < 1.29 is 26.7 Å². The van der Waals surface area contributed by atoms with Crippen LogP contribution < -0.4 is 0 Å². The van der Waals surface area contributed by atoms with Crippen molar-refractivity contribution in [1.82, 2.24) is 0 Å². The topological polar surface area (TPSA) is 76.4 Å². The van der Waals surface area contributed by atoms with E-state index in [1.54, 1.807) is 6.07 Å². The molecule has 0 amide bonds. The first kappa shape index (κ1) is 22.6. The van der Waals surface area contributed by atoms with E-state index in [2.05, 4.69) is 6.07 Å². The fraction of sp³-hybridized carbons (Fsp3) is 0.375. The van der Waals surface area contributed by atoms with Crippen molar-refractivity contribution in [3.05, 3.63) is 69.5 Å². The molecular formula is C24H23F2NO4S. The van der Waals surface area contributed by atoms with E-state index in [4.69, 9.17) is 9.47 Å². The Morgan fingerprint density at radius 1 is 1.25 bits per heavy atom. The van der Waals surface area contributed by atoms with Crippen LogP contribution in [0.25, 0.3) is 5.57 Å². The number of hydrogen-bond acceptors (Lipinski definition) is 5. The summed E-state index contributed by atoms with van der Waals surface area (Å²) in [5, 5.41) is 9.69. The number of ether oxygens (including phenoxy) is 2. The van der Waals surface area contributed by atoms with Crippen molar-refractivity contribution in [3.63, 3.8) is 0 Å². The third-order valence-corrected chi connectivity index (χ3v) is 7.36.